The Morgan fingerprint density at radius 1 is 0.393 bits per heavy atom. The quantitative estimate of drug-likeness (QED) is 0.674. The summed E-state index contributed by atoms with van der Waals surface area (Å²) < 4.78 is 0. The molecule has 0 aliphatic heterocycles. The fourth-order valence-electron chi connectivity index (χ4n) is 6.77. The topological polar surface area (TPSA) is 51.2 Å². The van der Waals surface area contributed by atoms with Crippen molar-refractivity contribution < 1.29 is 14.4 Å². The highest BCUT2D eigenvalue weighted by molar-refractivity contribution is 6.09. The Labute approximate surface area is 160 Å². The third-order valence-electron chi connectivity index (χ3n) is 7.95. The molecule has 132 valence electrons. The second kappa shape index (κ2) is 4.02. The first-order chi connectivity index (χ1) is 13.6. The third kappa shape index (κ3) is 1.22. The zero-order valence-electron chi connectivity index (χ0n) is 14.8. The molecule has 0 amide bonds. The number of hydrogen-bond donors (Lipinski definition) is 0. The first-order valence-electron chi connectivity index (χ1n) is 9.96. The molecule has 0 heterocycles. The number of fused-ring (bicyclic) bond motifs is 18. The van der Waals surface area contributed by atoms with Gasteiger partial charge in [0.25, 0.3) is 0 Å². The van der Waals surface area contributed by atoms with Gasteiger partial charge in [-0.25, -0.2) is 0 Å². The van der Waals surface area contributed by atoms with E-state index in [4.69, 9.17) is 0 Å². The van der Waals surface area contributed by atoms with Crippen molar-refractivity contribution in [2.75, 3.05) is 0 Å². The zero-order chi connectivity index (χ0) is 18.5. The van der Waals surface area contributed by atoms with E-state index in [1.165, 1.54) is 0 Å². The van der Waals surface area contributed by atoms with Gasteiger partial charge in [0.2, 0.25) is 0 Å². The Balaban J connectivity index is 1.36. The molecule has 0 fully saturated rings. The van der Waals surface area contributed by atoms with Crippen molar-refractivity contribution in [3.63, 3.8) is 0 Å². The fraction of sp³-hybridized carbons (Fsp3) is 0.240. The molecule has 2 aromatic carbocycles. The molecule has 0 spiro atoms. The molecule has 6 bridgehead atoms. The Morgan fingerprint density at radius 2 is 0.679 bits per heavy atom. The molecule has 6 aliphatic carbocycles. The molecule has 3 nitrogen and oxygen atoms in total. The highest BCUT2D eigenvalue weighted by Gasteiger charge is 2.53. The van der Waals surface area contributed by atoms with E-state index in [2.05, 4.69) is 24.3 Å². The second-order valence-electron chi connectivity index (χ2n) is 8.97. The first-order valence-corrected chi connectivity index (χ1v) is 9.96. The van der Waals surface area contributed by atoms with Crippen molar-refractivity contribution in [1.29, 1.82) is 0 Å². The van der Waals surface area contributed by atoms with Crippen molar-refractivity contribution in [2.24, 2.45) is 0 Å². The van der Waals surface area contributed by atoms with Crippen LogP contribution in [0.4, 0.5) is 0 Å². The van der Waals surface area contributed by atoms with Gasteiger partial charge in [-0.05, 0) is 44.5 Å². The van der Waals surface area contributed by atoms with Crippen LogP contribution >= 0.6 is 0 Å². The summed E-state index contributed by atoms with van der Waals surface area (Å²) in [6.45, 7) is 0. The van der Waals surface area contributed by atoms with Gasteiger partial charge in [0.15, 0.2) is 17.3 Å². The maximum atomic E-state index is 13.3. The standard InChI is InChI=1S/C25H14O3/c26-23-9-1-2-10(23)14-6-18-17(5-13(9)14)21-19-7-15-11-3-4-12(24(11)27)16(15)8-20(19)22(18)25(21)28/h1-12,21-22H. The minimum absolute atomic E-state index is 0.127. The first kappa shape index (κ1) is 14.0. The van der Waals surface area contributed by atoms with Crippen LogP contribution in [0.25, 0.3) is 0 Å². The fourth-order valence-corrected chi connectivity index (χ4v) is 6.77. The van der Waals surface area contributed by atoms with E-state index >= 15 is 0 Å². The van der Waals surface area contributed by atoms with E-state index in [-0.39, 0.29) is 52.9 Å². The highest BCUT2D eigenvalue weighted by Crippen LogP contribution is 2.59. The monoisotopic (exact) mass is 362 g/mol. The molecule has 2 aromatic rings. The Kier molecular flexibility index (Phi) is 2.01. The van der Waals surface area contributed by atoms with E-state index in [0.29, 0.717) is 0 Å². The van der Waals surface area contributed by atoms with Crippen LogP contribution in [0.15, 0.2) is 48.6 Å². The van der Waals surface area contributed by atoms with Crippen LogP contribution < -0.4 is 0 Å². The van der Waals surface area contributed by atoms with E-state index in [1.807, 2.05) is 24.3 Å². The van der Waals surface area contributed by atoms with Crippen LogP contribution in [0.3, 0.4) is 0 Å². The molecule has 0 saturated heterocycles. The molecule has 4 unspecified atom stereocenters. The van der Waals surface area contributed by atoms with Crippen LogP contribution in [0.2, 0.25) is 0 Å². The molecule has 8 rings (SSSR count). The Hall–Kier alpha value is -3.07. The molecule has 28 heavy (non-hydrogen) atoms. The van der Waals surface area contributed by atoms with Gasteiger partial charge in [-0.2, -0.15) is 0 Å². The molecule has 6 aliphatic rings. The number of allylic oxidation sites excluding steroid dienone is 4. The van der Waals surface area contributed by atoms with Crippen molar-refractivity contribution in [3.05, 3.63) is 93.1 Å². The predicted molar refractivity (Wildman–Crippen MR) is 101 cm³/mol. The van der Waals surface area contributed by atoms with Gasteiger partial charge < -0.3 is 0 Å². The summed E-state index contributed by atoms with van der Waals surface area (Å²) in [5, 5.41) is 0. The second-order valence-corrected chi connectivity index (χ2v) is 8.97. The SMILES string of the molecule is O=C1C2C=CC1c1cc3c(cc12)C1C(=O)C3c2cc3c(cc21)C1C=CC3C1=O. The minimum atomic E-state index is -0.234. The summed E-state index contributed by atoms with van der Waals surface area (Å²) in [5.74, 6) is -0.172. The van der Waals surface area contributed by atoms with Crippen molar-refractivity contribution in [2.45, 2.75) is 35.5 Å². The van der Waals surface area contributed by atoms with Gasteiger partial charge in [-0.3, -0.25) is 14.4 Å². The van der Waals surface area contributed by atoms with E-state index in [0.717, 1.165) is 44.5 Å². The molecule has 3 heteroatoms. The highest BCUT2D eigenvalue weighted by atomic mass is 16.1. The summed E-state index contributed by atoms with van der Waals surface area (Å²) in [6, 6.07) is 8.53. The molecule has 4 atom stereocenters. The number of carbonyl (C=O) groups excluding carboxylic acids is 3. The maximum Gasteiger partial charge on any atom is 0.156 e. The molecule has 0 aromatic heterocycles. The lowest BCUT2D eigenvalue weighted by Gasteiger charge is -2.23. The van der Waals surface area contributed by atoms with Crippen LogP contribution in [-0.2, 0) is 14.4 Å². The number of benzene rings is 2. The summed E-state index contributed by atoms with van der Waals surface area (Å²) in [5.41, 5.74) is 8.71. The van der Waals surface area contributed by atoms with Gasteiger partial charge in [-0.15, -0.1) is 0 Å². The van der Waals surface area contributed by atoms with E-state index < -0.39 is 0 Å². The predicted octanol–water partition coefficient (Wildman–Crippen LogP) is 3.49. The zero-order valence-corrected chi connectivity index (χ0v) is 14.8. The normalized spacial score (nSPS) is 35.8. The van der Waals surface area contributed by atoms with Crippen LogP contribution in [0, 0.1) is 0 Å². The summed E-state index contributed by atoms with van der Waals surface area (Å²) in [4.78, 5) is 38.2. The smallest absolute Gasteiger partial charge is 0.156 e. The van der Waals surface area contributed by atoms with Crippen molar-refractivity contribution in [1.82, 2.24) is 0 Å². The number of ketones is 3. The Morgan fingerprint density at radius 3 is 0.964 bits per heavy atom. The third-order valence-corrected chi connectivity index (χ3v) is 7.95. The number of Topliss-reactive ketones (excluding diaryl/α,β-unsaturated/α-hetero) is 3. The maximum absolute atomic E-state index is 13.3. The van der Waals surface area contributed by atoms with Crippen LogP contribution in [0.5, 0.6) is 0 Å². The van der Waals surface area contributed by atoms with Crippen LogP contribution in [-0.4, -0.2) is 17.3 Å². The summed E-state index contributed by atoms with van der Waals surface area (Å²) >= 11 is 0. The number of rotatable bonds is 0. The van der Waals surface area contributed by atoms with E-state index in [9.17, 15) is 14.4 Å². The molecular weight excluding hydrogens is 348 g/mol. The number of hydrogen-bond acceptors (Lipinski definition) is 3. The van der Waals surface area contributed by atoms with Gasteiger partial charge in [-0.1, -0.05) is 48.6 Å². The molecular formula is C25H14O3. The van der Waals surface area contributed by atoms with Gasteiger partial charge in [0, 0.05) is 0 Å². The minimum Gasteiger partial charge on any atom is -0.298 e. The van der Waals surface area contributed by atoms with Gasteiger partial charge >= 0.3 is 0 Å². The van der Waals surface area contributed by atoms with E-state index in [1.54, 1.807) is 0 Å². The Bertz CT molecular complexity index is 1120. The summed E-state index contributed by atoms with van der Waals surface area (Å²) in [7, 11) is 0. The molecule has 0 saturated carbocycles. The number of carbonyl (C=O) groups is 3. The lowest BCUT2D eigenvalue weighted by molar-refractivity contribution is -0.119. The van der Waals surface area contributed by atoms with Gasteiger partial charge in [0.1, 0.15) is 0 Å². The average Bonchev–Trinajstić information content (AvgIpc) is 3.48. The summed E-state index contributed by atoms with van der Waals surface area (Å²) in [6.07, 6.45) is 8.02. The molecule has 0 N–H and O–H groups in total. The largest absolute Gasteiger partial charge is 0.298 e. The van der Waals surface area contributed by atoms with Crippen molar-refractivity contribution >= 4 is 17.3 Å². The van der Waals surface area contributed by atoms with Crippen molar-refractivity contribution in [3.8, 4) is 0 Å². The lowest BCUT2D eigenvalue weighted by atomic mass is 9.80. The van der Waals surface area contributed by atoms with Crippen LogP contribution in [0.1, 0.15) is 80.0 Å². The van der Waals surface area contributed by atoms with Gasteiger partial charge in [0.05, 0.1) is 35.5 Å². The lowest BCUT2D eigenvalue weighted by Crippen LogP contribution is -2.08. The molecule has 0 radical (unpaired) electrons. The average molecular weight is 362 g/mol.